The SMILES string of the molecule is CC(=O)N1CCN(c2c(C)nn(C)c2C)CC1. The molecule has 0 radical (unpaired) electrons. The molecule has 1 aliphatic rings. The number of aryl methyl sites for hydroxylation is 2. The van der Waals surface area contributed by atoms with E-state index in [0.717, 1.165) is 31.9 Å². The molecule has 5 heteroatoms. The van der Waals surface area contributed by atoms with Gasteiger partial charge in [0.1, 0.15) is 0 Å². The zero-order valence-corrected chi connectivity index (χ0v) is 11.0. The molecular weight excluding hydrogens is 216 g/mol. The lowest BCUT2D eigenvalue weighted by molar-refractivity contribution is -0.129. The van der Waals surface area contributed by atoms with E-state index in [1.807, 2.05) is 23.6 Å². The van der Waals surface area contributed by atoms with Gasteiger partial charge < -0.3 is 9.80 Å². The van der Waals surface area contributed by atoms with Gasteiger partial charge in [-0.25, -0.2) is 0 Å². The smallest absolute Gasteiger partial charge is 0.219 e. The largest absolute Gasteiger partial charge is 0.365 e. The molecule has 1 amide bonds. The summed E-state index contributed by atoms with van der Waals surface area (Å²) >= 11 is 0. The number of anilines is 1. The first-order valence-corrected chi connectivity index (χ1v) is 6.01. The zero-order chi connectivity index (χ0) is 12.6. The van der Waals surface area contributed by atoms with Gasteiger partial charge in [0.05, 0.1) is 17.1 Å². The van der Waals surface area contributed by atoms with Crippen LogP contribution >= 0.6 is 0 Å². The molecule has 2 rings (SSSR count). The molecule has 2 heterocycles. The molecule has 0 saturated carbocycles. The molecule has 0 spiro atoms. The number of hydrogen-bond donors (Lipinski definition) is 0. The first-order valence-electron chi connectivity index (χ1n) is 6.01. The predicted molar refractivity (Wildman–Crippen MR) is 67.1 cm³/mol. The maximum Gasteiger partial charge on any atom is 0.219 e. The summed E-state index contributed by atoms with van der Waals surface area (Å²) in [4.78, 5) is 15.5. The fourth-order valence-corrected chi connectivity index (χ4v) is 2.47. The van der Waals surface area contributed by atoms with Gasteiger partial charge in [-0.1, -0.05) is 0 Å². The van der Waals surface area contributed by atoms with Crippen molar-refractivity contribution in [2.75, 3.05) is 31.1 Å². The lowest BCUT2D eigenvalue weighted by Crippen LogP contribution is -2.48. The molecule has 17 heavy (non-hydrogen) atoms. The van der Waals surface area contributed by atoms with Crippen LogP contribution in [-0.4, -0.2) is 46.8 Å². The van der Waals surface area contributed by atoms with E-state index in [1.165, 1.54) is 11.4 Å². The third kappa shape index (κ3) is 2.14. The Morgan fingerprint density at radius 2 is 1.76 bits per heavy atom. The van der Waals surface area contributed by atoms with E-state index in [4.69, 9.17) is 0 Å². The summed E-state index contributed by atoms with van der Waals surface area (Å²) in [5, 5.41) is 4.43. The number of piperazine rings is 1. The second kappa shape index (κ2) is 4.39. The molecule has 1 aromatic rings. The Morgan fingerprint density at radius 3 is 2.18 bits per heavy atom. The van der Waals surface area contributed by atoms with Crippen molar-refractivity contribution in [2.45, 2.75) is 20.8 Å². The van der Waals surface area contributed by atoms with Crippen LogP contribution in [0.1, 0.15) is 18.3 Å². The van der Waals surface area contributed by atoms with Gasteiger partial charge in [-0.3, -0.25) is 9.48 Å². The minimum absolute atomic E-state index is 0.171. The van der Waals surface area contributed by atoms with Crippen LogP contribution in [0.2, 0.25) is 0 Å². The number of carbonyl (C=O) groups is 1. The Labute approximate surface area is 102 Å². The van der Waals surface area contributed by atoms with Crippen LogP contribution in [-0.2, 0) is 11.8 Å². The molecule has 1 saturated heterocycles. The normalized spacial score (nSPS) is 16.5. The fourth-order valence-electron chi connectivity index (χ4n) is 2.47. The van der Waals surface area contributed by atoms with Crippen LogP contribution in [0.25, 0.3) is 0 Å². The third-order valence-electron chi connectivity index (χ3n) is 3.51. The number of nitrogens with zero attached hydrogens (tertiary/aromatic N) is 4. The highest BCUT2D eigenvalue weighted by atomic mass is 16.2. The van der Waals surface area contributed by atoms with Crippen molar-refractivity contribution in [3.8, 4) is 0 Å². The summed E-state index contributed by atoms with van der Waals surface area (Å²) in [6.45, 7) is 9.18. The van der Waals surface area contributed by atoms with Crippen molar-refractivity contribution >= 4 is 11.6 Å². The molecule has 0 unspecified atom stereocenters. The molecule has 94 valence electrons. The monoisotopic (exact) mass is 236 g/mol. The van der Waals surface area contributed by atoms with Gasteiger partial charge >= 0.3 is 0 Å². The maximum absolute atomic E-state index is 11.3. The number of hydrogen-bond acceptors (Lipinski definition) is 3. The Kier molecular flexibility index (Phi) is 3.09. The van der Waals surface area contributed by atoms with E-state index in [0.29, 0.717) is 0 Å². The highest BCUT2D eigenvalue weighted by molar-refractivity contribution is 5.73. The lowest BCUT2D eigenvalue weighted by Gasteiger charge is -2.35. The van der Waals surface area contributed by atoms with E-state index >= 15 is 0 Å². The second-order valence-electron chi connectivity index (χ2n) is 4.64. The van der Waals surface area contributed by atoms with E-state index in [2.05, 4.69) is 16.9 Å². The minimum atomic E-state index is 0.171. The van der Waals surface area contributed by atoms with E-state index < -0.39 is 0 Å². The quantitative estimate of drug-likeness (QED) is 0.721. The van der Waals surface area contributed by atoms with Gasteiger partial charge in [0, 0.05) is 40.2 Å². The fraction of sp³-hybridized carbons (Fsp3) is 0.667. The van der Waals surface area contributed by atoms with Crippen molar-refractivity contribution < 1.29 is 4.79 Å². The molecule has 1 fully saturated rings. The molecule has 0 N–H and O–H groups in total. The number of carbonyl (C=O) groups excluding carboxylic acids is 1. The molecule has 0 atom stereocenters. The summed E-state index contributed by atoms with van der Waals surface area (Å²) in [5.41, 5.74) is 3.50. The molecule has 0 aromatic carbocycles. The van der Waals surface area contributed by atoms with Crippen LogP contribution in [0.15, 0.2) is 0 Å². The molecule has 1 aliphatic heterocycles. The van der Waals surface area contributed by atoms with Crippen LogP contribution in [0.5, 0.6) is 0 Å². The van der Waals surface area contributed by atoms with Gasteiger partial charge in [-0.15, -0.1) is 0 Å². The van der Waals surface area contributed by atoms with Crippen molar-refractivity contribution in [1.29, 1.82) is 0 Å². The van der Waals surface area contributed by atoms with E-state index in [9.17, 15) is 4.79 Å². The Balaban J connectivity index is 2.13. The van der Waals surface area contributed by atoms with Crippen molar-refractivity contribution in [3.05, 3.63) is 11.4 Å². The molecule has 1 aromatic heterocycles. The summed E-state index contributed by atoms with van der Waals surface area (Å²) in [5.74, 6) is 0.171. The number of rotatable bonds is 1. The first kappa shape index (κ1) is 12.0. The summed E-state index contributed by atoms with van der Waals surface area (Å²) in [7, 11) is 1.97. The maximum atomic E-state index is 11.3. The Morgan fingerprint density at radius 1 is 1.18 bits per heavy atom. The van der Waals surface area contributed by atoms with Crippen LogP contribution in [0.4, 0.5) is 5.69 Å². The highest BCUT2D eigenvalue weighted by Crippen LogP contribution is 2.24. The van der Waals surface area contributed by atoms with Gasteiger partial charge in [-0.05, 0) is 13.8 Å². The average Bonchev–Trinajstić information content (AvgIpc) is 2.53. The highest BCUT2D eigenvalue weighted by Gasteiger charge is 2.22. The van der Waals surface area contributed by atoms with Crippen molar-refractivity contribution in [1.82, 2.24) is 14.7 Å². The topological polar surface area (TPSA) is 41.4 Å². The molecule has 0 bridgehead atoms. The first-order chi connectivity index (χ1) is 8.00. The Hall–Kier alpha value is -1.52. The number of aromatic nitrogens is 2. The van der Waals surface area contributed by atoms with Gasteiger partial charge in [0.2, 0.25) is 5.91 Å². The van der Waals surface area contributed by atoms with Crippen molar-refractivity contribution in [2.24, 2.45) is 7.05 Å². The average molecular weight is 236 g/mol. The van der Waals surface area contributed by atoms with Crippen molar-refractivity contribution in [3.63, 3.8) is 0 Å². The minimum Gasteiger partial charge on any atom is -0.365 e. The van der Waals surface area contributed by atoms with Crippen LogP contribution in [0.3, 0.4) is 0 Å². The molecular formula is C12H20N4O. The van der Waals surface area contributed by atoms with Gasteiger partial charge in [0.15, 0.2) is 0 Å². The van der Waals surface area contributed by atoms with Gasteiger partial charge in [0.25, 0.3) is 0 Å². The molecule has 5 nitrogen and oxygen atoms in total. The van der Waals surface area contributed by atoms with E-state index in [-0.39, 0.29) is 5.91 Å². The number of amides is 1. The summed E-state index contributed by atoms with van der Waals surface area (Å²) in [6.07, 6.45) is 0. The standard InChI is InChI=1S/C12H20N4O/c1-9-12(10(2)14(4)13-9)16-7-5-15(6-8-16)11(3)17/h5-8H2,1-4H3. The third-order valence-corrected chi connectivity index (χ3v) is 3.51. The van der Waals surface area contributed by atoms with Crippen LogP contribution in [0, 0.1) is 13.8 Å². The second-order valence-corrected chi connectivity index (χ2v) is 4.64. The Bertz CT molecular complexity index is 430. The lowest BCUT2D eigenvalue weighted by atomic mass is 10.2. The summed E-state index contributed by atoms with van der Waals surface area (Å²) in [6, 6.07) is 0. The predicted octanol–water partition coefficient (Wildman–Crippen LogP) is 0.705. The molecule has 0 aliphatic carbocycles. The van der Waals surface area contributed by atoms with Crippen LogP contribution < -0.4 is 4.90 Å². The zero-order valence-electron chi connectivity index (χ0n) is 11.0. The van der Waals surface area contributed by atoms with E-state index in [1.54, 1.807) is 6.92 Å². The summed E-state index contributed by atoms with van der Waals surface area (Å²) < 4.78 is 1.92. The van der Waals surface area contributed by atoms with Gasteiger partial charge in [-0.2, -0.15) is 5.10 Å².